The molecule has 1 heterocycles. The summed E-state index contributed by atoms with van der Waals surface area (Å²) < 4.78 is 4.94. The Balaban J connectivity index is 1.84. The maximum Gasteiger partial charge on any atom is 0.224 e. The van der Waals surface area contributed by atoms with Gasteiger partial charge in [-0.1, -0.05) is 18.0 Å². The van der Waals surface area contributed by atoms with Crippen LogP contribution in [0.1, 0.15) is 37.1 Å². The van der Waals surface area contributed by atoms with Crippen molar-refractivity contribution in [2.75, 3.05) is 0 Å². The normalized spacial score (nSPS) is 24.6. The molecule has 0 aromatic carbocycles. The van der Waals surface area contributed by atoms with E-state index in [4.69, 9.17) is 10.3 Å². The molecular formula is C12H19N3O2. The summed E-state index contributed by atoms with van der Waals surface area (Å²) in [6.07, 6.45) is 4.06. The topological polar surface area (TPSA) is 81.2 Å². The Morgan fingerprint density at radius 2 is 2.35 bits per heavy atom. The van der Waals surface area contributed by atoms with Crippen LogP contribution in [0.25, 0.3) is 0 Å². The van der Waals surface area contributed by atoms with E-state index in [1.807, 2.05) is 13.0 Å². The van der Waals surface area contributed by atoms with Crippen molar-refractivity contribution in [2.45, 2.75) is 45.2 Å². The quantitative estimate of drug-likeness (QED) is 0.825. The average Bonchev–Trinajstić information content (AvgIpc) is 2.73. The van der Waals surface area contributed by atoms with E-state index >= 15 is 0 Å². The van der Waals surface area contributed by atoms with Crippen LogP contribution in [-0.4, -0.2) is 17.1 Å². The summed E-state index contributed by atoms with van der Waals surface area (Å²) in [6.45, 7) is 2.24. The van der Waals surface area contributed by atoms with Gasteiger partial charge in [-0.25, -0.2) is 0 Å². The summed E-state index contributed by atoms with van der Waals surface area (Å²) in [4.78, 5) is 11.9. The fourth-order valence-electron chi connectivity index (χ4n) is 2.30. The molecule has 3 N–H and O–H groups in total. The zero-order valence-corrected chi connectivity index (χ0v) is 10.1. The Labute approximate surface area is 101 Å². The van der Waals surface area contributed by atoms with Crippen molar-refractivity contribution in [3.63, 3.8) is 0 Å². The van der Waals surface area contributed by atoms with Gasteiger partial charge in [0.25, 0.3) is 0 Å². The van der Waals surface area contributed by atoms with E-state index in [0.29, 0.717) is 6.54 Å². The average molecular weight is 237 g/mol. The molecule has 1 aliphatic carbocycles. The number of aryl methyl sites for hydroxylation is 1. The number of hydrogen-bond donors (Lipinski definition) is 2. The monoisotopic (exact) mass is 237 g/mol. The van der Waals surface area contributed by atoms with Crippen molar-refractivity contribution in [1.82, 2.24) is 10.5 Å². The standard InChI is InChI=1S/C12H19N3O2/c1-8-6-9(15-17-8)7-14-12(16)10-4-2-3-5-11(10)13/h6,10-11H,2-5,7,13H2,1H3,(H,14,16). The summed E-state index contributed by atoms with van der Waals surface area (Å²) in [5.41, 5.74) is 6.71. The van der Waals surface area contributed by atoms with Gasteiger partial charge in [0.15, 0.2) is 0 Å². The van der Waals surface area contributed by atoms with Crippen LogP contribution < -0.4 is 11.1 Å². The van der Waals surface area contributed by atoms with Crippen molar-refractivity contribution in [3.05, 3.63) is 17.5 Å². The zero-order valence-electron chi connectivity index (χ0n) is 10.1. The lowest BCUT2D eigenvalue weighted by molar-refractivity contribution is -0.126. The zero-order chi connectivity index (χ0) is 12.3. The molecule has 0 bridgehead atoms. The number of nitrogens with one attached hydrogen (secondary N) is 1. The highest BCUT2D eigenvalue weighted by molar-refractivity contribution is 5.79. The Morgan fingerprint density at radius 1 is 1.59 bits per heavy atom. The van der Waals surface area contributed by atoms with E-state index in [1.165, 1.54) is 0 Å². The Morgan fingerprint density at radius 3 is 3.00 bits per heavy atom. The van der Waals surface area contributed by atoms with Crippen LogP contribution in [0, 0.1) is 12.8 Å². The van der Waals surface area contributed by atoms with E-state index in [-0.39, 0.29) is 17.9 Å². The highest BCUT2D eigenvalue weighted by Crippen LogP contribution is 2.23. The van der Waals surface area contributed by atoms with Gasteiger partial charge in [0.05, 0.1) is 12.5 Å². The van der Waals surface area contributed by atoms with Crippen LogP contribution in [0.3, 0.4) is 0 Å². The van der Waals surface area contributed by atoms with Crippen molar-refractivity contribution < 1.29 is 9.32 Å². The number of amides is 1. The van der Waals surface area contributed by atoms with Gasteiger partial charge in [0, 0.05) is 12.1 Å². The lowest BCUT2D eigenvalue weighted by atomic mass is 9.84. The van der Waals surface area contributed by atoms with E-state index in [1.54, 1.807) is 0 Å². The van der Waals surface area contributed by atoms with E-state index < -0.39 is 0 Å². The molecule has 94 valence electrons. The molecule has 1 fully saturated rings. The number of aromatic nitrogens is 1. The van der Waals surface area contributed by atoms with Crippen molar-refractivity contribution in [2.24, 2.45) is 11.7 Å². The van der Waals surface area contributed by atoms with Crippen molar-refractivity contribution in [3.8, 4) is 0 Å². The third kappa shape index (κ3) is 3.06. The molecule has 17 heavy (non-hydrogen) atoms. The number of carbonyl (C=O) groups is 1. The van der Waals surface area contributed by atoms with Crippen molar-refractivity contribution in [1.29, 1.82) is 0 Å². The van der Waals surface area contributed by atoms with Gasteiger partial charge >= 0.3 is 0 Å². The Bertz CT molecular complexity index is 389. The predicted octanol–water partition coefficient (Wildman–Crippen LogP) is 1.12. The molecule has 0 aliphatic heterocycles. The minimum atomic E-state index is -0.0447. The maximum atomic E-state index is 11.9. The SMILES string of the molecule is Cc1cc(CNC(=O)C2CCCCC2N)no1. The molecule has 1 amide bonds. The smallest absolute Gasteiger partial charge is 0.224 e. The van der Waals surface area contributed by atoms with Crippen molar-refractivity contribution >= 4 is 5.91 Å². The van der Waals surface area contributed by atoms with Gasteiger partial charge in [-0.05, 0) is 19.8 Å². The minimum absolute atomic E-state index is 0.00259. The fourth-order valence-corrected chi connectivity index (χ4v) is 2.30. The number of nitrogens with two attached hydrogens (primary N) is 1. The summed E-state index contributed by atoms with van der Waals surface area (Å²) in [5, 5.41) is 6.70. The van der Waals surface area contributed by atoms with E-state index in [9.17, 15) is 4.79 Å². The largest absolute Gasteiger partial charge is 0.361 e. The van der Waals surface area contributed by atoms with E-state index in [0.717, 1.165) is 37.1 Å². The third-order valence-corrected chi connectivity index (χ3v) is 3.28. The molecule has 5 nitrogen and oxygen atoms in total. The highest BCUT2D eigenvalue weighted by atomic mass is 16.5. The van der Waals surface area contributed by atoms with Crippen LogP contribution >= 0.6 is 0 Å². The molecule has 1 aromatic rings. The molecule has 2 unspecified atom stereocenters. The summed E-state index contributed by atoms with van der Waals surface area (Å²) in [5.74, 6) is 0.748. The Kier molecular flexibility index (Phi) is 3.78. The molecule has 0 radical (unpaired) electrons. The fraction of sp³-hybridized carbons (Fsp3) is 0.667. The third-order valence-electron chi connectivity index (χ3n) is 3.28. The number of rotatable bonds is 3. The van der Waals surface area contributed by atoms with Gasteiger partial charge in [-0.15, -0.1) is 0 Å². The summed E-state index contributed by atoms with van der Waals surface area (Å²) >= 11 is 0. The molecule has 1 saturated carbocycles. The van der Waals surface area contributed by atoms with Gasteiger partial charge in [0.2, 0.25) is 5.91 Å². The summed E-state index contributed by atoms with van der Waals surface area (Å²) in [7, 11) is 0. The molecule has 1 aliphatic rings. The first-order chi connectivity index (χ1) is 8.16. The van der Waals surface area contributed by atoms with Crippen LogP contribution in [0.15, 0.2) is 10.6 Å². The molecule has 0 spiro atoms. The van der Waals surface area contributed by atoms with E-state index in [2.05, 4.69) is 10.5 Å². The first-order valence-corrected chi connectivity index (χ1v) is 6.12. The number of carbonyl (C=O) groups excluding carboxylic acids is 1. The van der Waals surface area contributed by atoms with Crippen LogP contribution in [0.4, 0.5) is 0 Å². The van der Waals surface area contributed by atoms with Crippen LogP contribution in [-0.2, 0) is 11.3 Å². The van der Waals surface area contributed by atoms with Gasteiger partial charge < -0.3 is 15.6 Å². The first kappa shape index (κ1) is 12.1. The maximum absolute atomic E-state index is 11.9. The van der Waals surface area contributed by atoms with Gasteiger partial charge in [-0.2, -0.15) is 0 Å². The lowest BCUT2D eigenvalue weighted by Crippen LogP contribution is -2.43. The van der Waals surface area contributed by atoms with Gasteiger partial charge in [0.1, 0.15) is 11.5 Å². The first-order valence-electron chi connectivity index (χ1n) is 6.12. The molecular weight excluding hydrogens is 218 g/mol. The predicted molar refractivity (Wildman–Crippen MR) is 63.0 cm³/mol. The molecule has 1 aromatic heterocycles. The molecule has 2 atom stereocenters. The lowest BCUT2D eigenvalue weighted by Gasteiger charge is -2.27. The summed E-state index contributed by atoms with van der Waals surface area (Å²) in [6, 6.07) is 1.82. The Hall–Kier alpha value is -1.36. The van der Waals surface area contributed by atoms with Crippen LogP contribution in [0.2, 0.25) is 0 Å². The molecule has 0 saturated heterocycles. The number of hydrogen-bond acceptors (Lipinski definition) is 4. The molecule has 2 rings (SSSR count). The number of nitrogens with zero attached hydrogens (tertiary/aromatic N) is 1. The molecule has 5 heteroatoms. The highest BCUT2D eigenvalue weighted by Gasteiger charge is 2.27. The second-order valence-corrected chi connectivity index (χ2v) is 4.70. The minimum Gasteiger partial charge on any atom is -0.361 e. The van der Waals surface area contributed by atoms with Gasteiger partial charge in [-0.3, -0.25) is 4.79 Å². The second kappa shape index (κ2) is 5.31. The second-order valence-electron chi connectivity index (χ2n) is 4.70. The van der Waals surface area contributed by atoms with Crippen LogP contribution in [0.5, 0.6) is 0 Å².